The summed E-state index contributed by atoms with van der Waals surface area (Å²) in [5.74, 6) is 0. The standard InChI is InChI=1S/C21H17BrN2/c22-17-12-10-16(11-13-17)21-14-20(15-6-2-1-3-7-15)23-18-8-4-5-9-19(18)24-21/h1-13,21,24H,14H2/t21-/m0/s1. The number of nitrogens with zero attached hydrogens (tertiary/aromatic N) is 1. The number of aliphatic imine (C=N–C) groups is 1. The molecular weight excluding hydrogens is 360 g/mol. The molecule has 1 heterocycles. The molecule has 1 aliphatic rings. The van der Waals surface area contributed by atoms with Crippen LogP contribution in [0.15, 0.2) is 88.3 Å². The second-order valence-corrected chi connectivity index (χ2v) is 6.81. The van der Waals surface area contributed by atoms with Gasteiger partial charge in [0.05, 0.1) is 23.1 Å². The molecule has 24 heavy (non-hydrogen) atoms. The van der Waals surface area contributed by atoms with Crippen molar-refractivity contribution in [2.75, 3.05) is 5.32 Å². The van der Waals surface area contributed by atoms with Crippen LogP contribution in [-0.4, -0.2) is 5.71 Å². The van der Waals surface area contributed by atoms with Crippen LogP contribution >= 0.6 is 15.9 Å². The lowest BCUT2D eigenvalue weighted by molar-refractivity contribution is 0.828. The minimum Gasteiger partial charge on any atom is -0.376 e. The van der Waals surface area contributed by atoms with Crippen LogP contribution in [0.25, 0.3) is 0 Å². The molecule has 4 rings (SSSR count). The molecule has 0 saturated heterocycles. The largest absolute Gasteiger partial charge is 0.376 e. The third-order valence-corrected chi connectivity index (χ3v) is 4.79. The normalized spacial score (nSPS) is 16.5. The number of hydrogen-bond donors (Lipinski definition) is 1. The Bertz CT molecular complexity index is 870. The fourth-order valence-electron chi connectivity index (χ4n) is 3.03. The van der Waals surface area contributed by atoms with Crippen molar-refractivity contribution in [1.82, 2.24) is 0 Å². The highest BCUT2D eigenvalue weighted by atomic mass is 79.9. The summed E-state index contributed by atoms with van der Waals surface area (Å²) in [6.07, 6.45) is 0.848. The predicted octanol–water partition coefficient (Wildman–Crippen LogP) is 6.13. The van der Waals surface area contributed by atoms with Gasteiger partial charge in [-0.1, -0.05) is 70.5 Å². The maximum Gasteiger partial charge on any atom is 0.0864 e. The zero-order valence-corrected chi connectivity index (χ0v) is 14.7. The van der Waals surface area contributed by atoms with Crippen molar-refractivity contribution in [1.29, 1.82) is 0 Å². The molecule has 0 radical (unpaired) electrons. The lowest BCUT2D eigenvalue weighted by Gasteiger charge is -2.19. The van der Waals surface area contributed by atoms with Crippen LogP contribution in [-0.2, 0) is 0 Å². The first-order valence-electron chi connectivity index (χ1n) is 8.03. The van der Waals surface area contributed by atoms with E-state index in [1.807, 2.05) is 18.2 Å². The minimum atomic E-state index is 0.195. The number of rotatable bonds is 2. The van der Waals surface area contributed by atoms with Gasteiger partial charge in [-0.2, -0.15) is 0 Å². The zero-order valence-electron chi connectivity index (χ0n) is 13.1. The summed E-state index contributed by atoms with van der Waals surface area (Å²) in [5, 5.41) is 3.67. The molecule has 0 unspecified atom stereocenters. The predicted molar refractivity (Wildman–Crippen MR) is 104 cm³/mol. The number of nitrogens with one attached hydrogen (secondary N) is 1. The van der Waals surface area contributed by atoms with Crippen molar-refractivity contribution in [2.24, 2.45) is 4.99 Å². The molecule has 118 valence electrons. The lowest BCUT2D eigenvalue weighted by Crippen LogP contribution is -2.14. The van der Waals surface area contributed by atoms with E-state index in [9.17, 15) is 0 Å². The molecule has 1 atom stereocenters. The van der Waals surface area contributed by atoms with Gasteiger partial charge in [0.1, 0.15) is 0 Å². The number of fused-ring (bicyclic) bond motifs is 1. The Labute approximate surface area is 150 Å². The third-order valence-electron chi connectivity index (χ3n) is 4.27. The number of hydrogen-bond acceptors (Lipinski definition) is 2. The molecule has 3 aromatic rings. The second-order valence-electron chi connectivity index (χ2n) is 5.89. The van der Waals surface area contributed by atoms with Crippen LogP contribution in [0.5, 0.6) is 0 Å². The fourth-order valence-corrected chi connectivity index (χ4v) is 3.29. The highest BCUT2D eigenvalue weighted by molar-refractivity contribution is 9.10. The van der Waals surface area contributed by atoms with Gasteiger partial charge in [-0.15, -0.1) is 0 Å². The number of halogens is 1. The summed E-state index contributed by atoms with van der Waals surface area (Å²) in [7, 11) is 0. The van der Waals surface area contributed by atoms with E-state index < -0.39 is 0 Å². The van der Waals surface area contributed by atoms with Gasteiger partial charge in [-0.25, -0.2) is 0 Å². The van der Waals surface area contributed by atoms with Gasteiger partial charge < -0.3 is 5.32 Å². The fraction of sp³-hybridized carbons (Fsp3) is 0.0952. The Balaban J connectivity index is 1.79. The van der Waals surface area contributed by atoms with E-state index in [2.05, 4.69) is 81.9 Å². The molecule has 0 aliphatic carbocycles. The van der Waals surface area contributed by atoms with E-state index in [1.54, 1.807) is 0 Å². The Morgan fingerprint density at radius 3 is 2.33 bits per heavy atom. The minimum absolute atomic E-state index is 0.195. The molecule has 1 aliphatic heterocycles. The van der Waals surface area contributed by atoms with E-state index in [-0.39, 0.29) is 6.04 Å². The van der Waals surface area contributed by atoms with Crippen molar-refractivity contribution in [3.63, 3.8) is 0 Å². The van der Waals surface area contributed by atoms with Crippen molar-refractivity contribution in [2.45, 2.75) is 12.5 Å². The summed E-state index contributed by atoms with van der Waals surface area (Å²) in [4.78, 5) is 4.95. The molecule has 0 bridgehead atoms. The van der Waals surface area contributed by atoms with Crippen LogP contribution in [0.4, 0.5) is 11.4 Å². The van der Waals surface area contributed by atoms with Gasteiger partial charge in [0.15, 0.2) is 0 Å². The van der Waals surface area contributed by atoms with Crippen molar-refractivity contribution >= 4 is 33.0 Å². The van der Waals surface area contributed by atoms with Crippen LogP contribution in [0, 0.1) is 0 Å². The van der Waals surface area contributed by atoms with Crippen molar-refractivity contribution in [3.05, 3.63) is 94.5 Å². The monoisotopic (exact) mass is 376 g/mol. The average molecular weight is 377 g/mol. The maximum absolute atomic E-state index is 4.95. The van der Waals surface area contributed by atoms with Gasteiger partial charge in [-0.05, 0) is 35.4 Å². The third kappa shape index (κ3) is 3.13. The summed E-state index contributed by atoms with van der Waals surface area (Å²) >= 11 is 3.52. The van der Waals surface area contributed by atoms with E-state index >= 15 is 0 Å². The summed E-state index contributed by atoms with van der Waals surface area (Å²) in [5.41, 5.74) is 5.63. The van der Waals surface area contributed by atoms with Crippen molar-refractivity contribution < 1.29 is 0 Å². The molecule has 0 fully saturated rings. The molecule has 0 saturated carbocycles. The van der Waals surface area contributed by atoms with Crippen LogP contribution < -0.4 is 5.32 Å². The highest BCUT2D eigenvalue weighted by Crippen LogP contribution is 2.35. The molecule has 0 spiro atoms. The van der Waals surface area contributed by atoms with Crippen molar-refractivity contribution in [3.8, 4) is 0 Å². The quantitative estimate of drug-likeness (QED) is 0.571. The second kappa shape index (κ2) is 6.62. The first-order chi connectivity index (χ1) is 11.8. The van der Waals surface area contributed by atoms with E-state index in [1.165, 1.54) is 11.1 Å². The molecule has 3 aromatic carbocycles. The molecule has 1 N–H and O–H groups in total. The molecule has 3 heteroatoms. The highest BCUT2D eigenvalue weighted by Gasteiger charge is 2.20. The Kier molecular flexibility index (Phi) is 4.18. The smallest absolute Gasteiger partial charge is 0.0864 e. The van der Waals surface area contributed by atoms with Gasteiger partial charge in [0, 0.05) is 10.9 Å². The summed E-state index contributed by atoms with van der Waals surface area (Å²) in [6, 6.07) is 27.4. The first kappa shape index (κ1) is 15.2. The molecule has 0 amide bonds. The van der Waals surface area contributed by atoms with Gasteiger partial charge in [0.2, 0.25) is 0 Å². The summed E-state index contributed by atoms with van der Waals surface area (Å²) in [6.45, 7) is 0. The lowest BCUT2D eigenvalue weighted by atomic mass is 9.97. The average Bonchev–Trinajstić information content (AvgIpc) is 2.83. The molecule has 2 nitrogen and oxygen atoms in total. The van der Waals surface area contributed by atoms with Gasteiger partial charge in [0.25, 0.3) is 0 Å². The van der Waals surface area contributed by atoms with E-state index in [0.717, 1.165) is 28.0 Å². The summed E-state index contributed by atoms with van der Waals surface area (Å²) < 4.78 is 1.09. The zero-order chi connectivity index (χ0) is 16.4. The maximum atomic E-state index is 4.95. The van der Waals surface area contributed by atoms with Gasteiger partial charge in [-0.3, -0.25) is 4.99 Å². The topological polar surface area (TPSA) is 24.4 Å². The van der Waals surface area contributed by atoms with Crippen LogP contribution in [0.2, 0.25) is 0 Å². The number of para-hydroxylation sites is 2. The SMILES string of the molecule is Brc1ccc([C@@H]2CC(c3ccccc3)=Nc3ccccc3N2)cc1. The first-order valence-corrected chi connectivity index (χ1v) is 8.83. The number of benzene rings is 3. The van der Waals surface area contributed by atoms with Crippen LogP contribution in [0.3, 0.4) is 0 Å². The molecule has 0 aromatic heterocycles. The number of anilines is 1. The van der Waals surface area contributed by atoms with Crippen LogP contribution in [0.1, 0.15) is 23.6 Å². The van der Waals surface area contributed by atoms with E-state index in [0.29, 0.717) is 0 Å². The Morgan fingerprint density at radius 1 is 0.833 bits per heavy atom. The van der Waals surface area contributed by atoms with E-state index in [4.69, 9.17) is 4.99 Å². The molecular formula is C21H17BrN2. The van der Waals surface area contributed by atoms with Gasteiger partial charge >= 0.3 is 0 Å². The Hall–Kier alpha value is -2.39. The Morgan fingerprint density at radius 2 is 1.54 bits per heavy atom.